The highest BCUT2D eigenvalue weighted by atomic mass is 16.5. The van der Waals surface area contributed by atoms with Crippen LogP contribution in [0.15, 0.2) is 0 Å². The molecule has 0 saturated carbocycles. The Bertz CT molecular complexity index is 303. The Balaban J connectivity index is 1.93. The van der Waals surface area contributed by atoms with Gasteiger partial charge in [-0.2, -0.15) is 0 Å². The summed E-state index contributed by atoms with van der Waals surface area (Å²) in [5.74, 6) is 0.225. The van der Waals surface area contributed by atoms with Gasteiger partial charge in [0.15, 0.2) is 0 Å². The quantitative estimate of drug-likeness (QED) is 0.775. The fourth-order valence-electron chi connectivity index (χ4n) is 2.89. The number of nitrogens with zero attached hydrogens (tertiary/aromatic N) is 1. The molecule has 1 amide bonds. The molecule has 5 heteroatoms. The maximum atomic E-state index is 12.4. The number of likely N-dealkylation sites (tertiary alicyclic amines) is 1. The lowest BCUT2D eigenvalue weighted by molar-refractivity contribution is -0.141. The van der Waals surface area contributed by atoms with E-state index in [9.17, 15) is 4.79 Å². The summed E-state index contributed by atoms with van der Waals surface area (Å²) < 4.78 is 11.1. The highest BCUT2D eigenvalue weighted by molar-refractivity contribution is 5.82. The van der Waals surface area contributed by atoms with Crippen molar-refractivity contribution in [3.05, 3.63) is 0 Å². The van der Waals surface area contributed by atoms with Crippen LogP contribution < -0.4 is 5.32 Å². The number of rotatable bonds is 6. The van der Waals surface area contributed by atoms with E-state index in [4.69, 9.17) is 9.47 Å². The van der Waals surface area contributed by atoms with Gasteiger partial charge in [-0.05, 0) is 25.8 Å². The molecule has 2 heterocycles. The van der Waals surface area contributed by atoms with Gasteiger partial charge in [-0.3, -0.25) is 4.79 Å². The van der Waals surface area contributed by atoms with Gasteiger partial charge < -0.3 is 19.7 Å². The third-order valence-electron chi connectivity index (χ3n) is 4.15. The second kappa shape index (κ2) is 6.68. The fraction of sp³-hybridized carbons (Fsp3) is 0.929. The lowest BCUT2D eigenvalue weighted by Crippen LogP contribution is -2.56. The van der Waals surface area contributed by atoms with Gasteiger partial charge >= 0.3 is 0 Å². The van der Waals surface area contributed by atoms with Gasteiger partial charge in [0, 0.05) is 26.7 Å². The van der Waals surface area contributed by atoms with E-state index in [1.807, 2.05) is 4.90 Å². The molecule has 0 aliphatic carbocycles. The second-order valence-corrected chi connectivity index (χ2v) is 5.60. The molecule has 0 aromatic rings. The predicted molar refractivity (Wildman–Crippen MR) is 73.1 cm³/mol. The van der Waals surface area contributed by atoms with Crippen molar-refractivity contribution in [3.63, 3.8) is 0 Å². The first kappa shape index (κ1) is 14.8. The van der Waals surface area contributed by atoms with E-state index < -0.39 is 0 Å². The van der Waals surface area contributed by atoms with Crippen LogP contribution in [0.1, 0.15) is 32.6 Å². The van der Waals surface area contributed by atoms with Crippen LogP contribution in [0, 0.1) is 0 Å². The Kier molecular flexibility index (Phi) is 5.19. The van der Waals surface area contributed by atoms with Crippen LogP contribution in [-0.2, 0) is 14.3 Å². The minimum absolute atomic E-state index is 0.00933. The van der Waals surface area contributed by atoms with Crippen LogP contribution in [0.25, 0.3) is 0 Å². The van der Waals surface area contributed by atoms with Crippen LogP contribution in [0.3, 0.4) is 0 Å². The van der Waals surface area contributed by atoms with Crippen molar-refractivity contribution < 1.29 is 14.3 Å². The van der Waals surface area contributed by atoms with E-state index in [1.165, 1.54) is 0 Å². The van der Waals surface area contributed by atoms with Crippen molar-refractivity contribution in [1.29, 1.82) is 0 Å². The Morgan fingerprint density at radius 3 is 3.05 bits per heavy atom. The molecule has 0 bridgehead atoms. The third kappa shape index (κ3) is 3.46. The summed E-state index contributed by atoms with van der Waals surface area (Å²) in [5.41, 5.74) is -0.289. The second-order valence-electron chi connectivity index (χ2n) is 5.60. The zero-order valence-electron chi connectivity index (χ0n) is 12.1. The number of carbonyl (C=O) groups is 1. The fourth-order valence-corrected chi connectivity index (χ4v) is 2.89. The van der Waals surface area contributed by atoms with E-state index in [2.05, 4.69) is 12.2 Å². The number of nitrogens with one attached hydrogen (secondary N) is 1. The summed E-state index contributed by atoms with van der Waals surface area (Å²) in [6.07, 6.45) is 3.94. The molecule has 2 aliphatic heterocycles. The first-order valence-electron chi connectivity index (χ1n) is 7.36. The molecule has 2 rings (SSSR count). The zero-order valence-corrected chi connectivity index (χ0v) is 12.1. The summed E-state index contributed by atoms with van der Waals surface area (Å²) >= 11 is 0. The molecule has 5 nitrogen and oxygen atoms in total. The number of methoxy groups -OCH3 is 1. The van der Waals surface area contributed by atoms with E-state index in [0.29, 0.717) is 13.2 Å². The molecule has 0 aromatic heterocycles. The Labute approximate surface area is 115 Å². The maximum absolute atomic E-state index is 12.4. The van der Waals surface area contributed by atoms with Gasteiger partial charge in [-0.25, -0.2) is 0 Å². The molecular weight excluding hydrogens is 244 g/mol. The molecule has 2 saturated heterocycles. The molecule has 0 spiro atoms. The molecule has 2 aliphatic rings. The van der Waals surface area contributed by atoms with Gasteiger partial charge in [0.25, 0.3) is 0 Å². The minimum Gasteiger partial charge on any atom is -0.378 e. The molecule has 2 fully saturated rings. The lowest BCUT2D eigenvalue weighted by atomic mass is 9.98. The van der Waals surface area contributed by atoms with Gasteiger partial charge in [0.05, 0.1) is 19.2 Å². The van der Waals surface area contributed by atoms with Gasteiger partial charge in [0.2, 0.25) is 5.91 Å². The van der Waals surface area contributed by atoms with E-state index in [1.54, 1.807) is 7.11 Å². The molecule has 1 N–H and O–H groups in total. The monoisotopic (exact) mass is 270 g/mol. The number of hydrogen-bond donors (Lipinski definition) is 1. The Morgan fingerprint density at radius 2 is 2.42 bits per heavy atom. The zero-order chi connectivity index (χ0) is 13.7. The molecule has 19 heavy (non-hydrogen) atoms. The van der Waals surface area contributed by atoms with Crippen LogP contribution in [0.5, 0.6) is 0 Å². The van der Waals surface area contributed by atoms with Crippen molar-refractivity contribution in [2.45, 2.75) is 44.2 Å². The number of hydrogen-bond acceptors (Lipinski definition) is 4. The normalized spacial score (nSPS) is 32.0. The van der Waals surface area contributed by atoms with Crippen molar-refractivity contribution in [3.8, 4) is 0 Å². The van der Waals surface area contributed by atoms with E-state index >= 15 is 0 Å². The summed E-state index contributed by atoms with van der Waals surface area (Å²) in [4.78, 5) is 14.4. The van der Waals surface area contributed by atoms with Gasteiger partial charge in [0.1, 0.15) is 5.60 Å². The molecule has 2 atom stereocenters. The number of piperidine rings is 1. The molecule has 0 radical (unpaired) electrons. The SMILES string of the molecule is CCCNC1CCCN(CC2(OC)CCOC2)C1=O. The first-order chi connectivity index (χ1) is 9.21. The topological polar surface area (TPSA) is 50.8 Å². The lowest BCUT2D eigenvalue weighted by Gasteiger charge is -2.38. The smallest absolute Gasteiger partial charge is 0.239 e. The standard InChI is InChI=1S/C14H26N2O3/c1-3-7-15-12-5-4-8-16(13(12)17)10-14(18-2)6-9-19-11-14/h12,15H,3-11H2,1-2H3. The maximum Gasteiger partial charge on any atom is 0.239 e. The third-order valence-corrected chi connectivity index (χ3v) is 4.15. The summed E-state index contributed by atoms with van der Waals surface area (Å²) in [6, 6.07) is -0.00933. The summed E-state index contributed by atoms with van der Waals surface area (Å²) in [7, 11) is 1.72. The Morgan fingerprint density at radius 1 is 1.58 bits per heavy atom. The van der Waals surface area contributed by atoms with E-state index in [-0.39, 0.29) is 17.6 Å². The molecule has 0 aromatic carbocycles. The van der Waals surface area contributed by atoms with Crippen LogP contribution >= 0.6 is 0 Å². The highest BCUT2D eigenvalue weighted by Crippen LogP contribution is 2.25. The number of amides is 1. The average molecular weight is 270 g/mol. The van der Waals surface area contributed by atoms with Crippen molar-refractivity contribution in [2.24, 2.45) is 0 Å². The van der Waals surface area contributed by atoms with Crippen molar-refractivity contribution in [2.75, 3.05) is 40.0 Å². The summed E-state index contributed by atoms with van der Waals surface area (Å²) in [6.45, 7) is 5.85. The molecule has 110 valence electrons. The number of carbonyl (C=O) groups excluding carboxylic acids is 1. The van der Waals surface area contributed by atoms with Crippen molar-refractivity contribution in [1.82, 2.24) is 10.2 Å². The Hall–Kier alpha value is -0.650. The first-order valence-corrected chi connectivity index (χ1v) is 7.36. The number of ether oxygens (including phenoxy) is 2. The average Bonchev–Trinajstić information content (AvgIpc) is 2.89. The predicted octanol–water partition coefficient (Wildman–Crippen LogP) is 0.783. The summed E-state index contributed by atoms with van der Waals surface area (Å²) in [5, 5.41) is 3.34. The molecule has 2 unspecified atom stereocenters. The largest absolute Gasteiger partial charge is 0.378 e. The van der Waals surface area contributed by atoms with Crippen molar-refractivity contribution >= 4 is 5.91 Å². The van der Waals surface area contributed by atoms with Crippen LogP contribution in [0.4, 0.5) is 0 Å². The molecular formula is C14H26N2O3. The van der Waals surface area contributed by atoms with Gasteiger partial charge in [-0.15, -0.1) is 0 Å². The van der Waals surface area contributed by atoms with Crippen LogP contribution in [-0.4, -0.2) is 62.4 Å². The van der Waals surface area contributed by atoms with Gasteiger partial charge in [-0.1, -0.05) is 6.92 Å². The van der Waals surface area contributed by atoms with E-state index in [0.717, 1.165) is 45.4 Å². The van der Waals surface area contributed by atoms with Crippen LogP contribution in [0.2, 0.25) is 0 Å². The minimum atomic E-state index is -0.289. The highest BCUT2D eigenvalue weighted by Gasteiger charge is 2.40.